The van der Waals surface area contributed by atoms with E-state index in [9.17, 15) is 0 Å². The Kier molecular flexibility index (Phi) is 5.16. The second-order valence-electron chi connectivity index (χ2n) is 4.20. The second kappa shape index (κ2) is 7.10. The van der Waals surface area contributed by atoms with E-state index in [1.165, 1.54) is 5.56 Å². The summed E-state index contributed by atoms with van der Waals surface area (Å²) in [4.78, 5) is 5.30. The fourth-order valence-electron chi connectivity index (χ4n) is 1.66. The predicted octanol–water partition coefficient (Wildman–Crippen LogP) is 4.56. The second-order valence-corrected chi connectivity index (χ2v) is 5.05. The van der Waals surface area contributed by atoms with Gasteiger partial charge in [0.05, 0.1) is 6.21 Å². The maximum absolute atomic E-state index is 5.30. The molecule has 0 spiro atoms. The first-order valence-corrected chi connectivity index (χ1v) is 7.06. The van der Waals surface area contributed by atoms with Gasteiger partial charge in [-0.1, -0.05) is 70.5 Å². The maximum atomic E-state index is 5.30. The Morgan fingerprint density at radius 2 is 1.74 bits per heavy atom. The molecule has 0 saturated heterocycles. The lowest BCUT2D eigenvalue weighted by Crippen LogP contribution is -1.89. The molecule has 0 radical (unpaired) electrons. The Morgan fingerprint density at radius 3 is 2.42 bits per heavy atom. The van der Waals surface area contributed by atoms with Gasteiger partial charge in [0.2, 0.25) is 0 Å². The lowest BCUT2D eigenvalue weighted by Gasteiger charge is -2.02. The molecule has 3 heteroatoms. The van der Waals surface area contributed by atoms with E-state index in [1.54, 1.807) is 6.21 Å². The lowest BCUT2D eigenvalue weighted by atomic mass is 10.1. The van der Waals surface area contributed by atoms with Crippen molar-refractivity contribution >= 4 is 22.1 Å². The van der Waals surface area contributed by atoms with Gasteiger partial charge in [-0.15, -0.1) is 0 Å². The number of hydrogen-bond acceptors (Lipinski definition) is 2. The smallest absolute Gasteiger partial charge is 0.142 e. The van der Waals surface area contributed by atoms with Gasteiger partial charge in [0.1, 0.15) is 6.61 Å². The molecule has 0 atom stereocenters. The van der Waals surface area contributed by atoms with Gasteiger partial charge < -0.3 is 4.84 Å². The van der Waals surface area contributed by atoms with Gasteiger partial charge in [-0.2, -0.15) is 0 Å². The van der Waals surface area contributed by atoms with Crippen LogP contribution in [0.3, 0.4) is 0 Å². The number of aryl methyl sites for hydroxylation is 1. The van der Waals surface area contributed by atoms with E-state index >= 15 is 0 Å². The fourth-order valence-corrected chi connectivity index (χ4v) is 2.04. The quantitative estimate of drug-likeness (QED) is 0.585. The van der Waals surface area contributed by atoms with Crippen molar-refractivity contribution in [2.75, 3.05) is 0 Å². The van der Waals surface area contributed by atoms with Crippen LogP contribution in [0.15, 0.2) is 58.2 Å². The van der Waals surface area contributed by atoms with Crippen LogP contribution >= 0.6 is 15.9 Å². The Balaban J connectivity index is 1.87. The third-order valence-corrected chi connectivity index (χ3v) is 3.56. The molecule has 0 amide bonds. The first-order chi connectivity index (χ1) is 9.29. The van der Waals surface area contributed by atoms with Gasteiger partial charge in [-0.05, 0) is 23.6 Å². The molecule has 0 aliphatic heterocycles. The summed E-state index contributed by atoms with van der Waals surface area (Å²) < 4.78 is 1.01. The largest absolute Gasteiger partial charge is 0.391 e. The predicted molar refractivity (Wildman–Crippen MR) is 82.3 cm³/mol. The monoisotopic (exact) mass is 317 g/mol. The van der Waals surface area contributed by atoms with Crippen molar-refractivity contribution in [1.29, 1.82) is 0 Å². The molecule has 2 rings (SSSR count). The van der Waals surface area contributed by atoms with E-state index in [-0.39, 0.29) is 0 Å². The number of nitrogens with zero attached hydrogens (tertiary/aromatic N) is 1. The Bertz CT molecular complexity index is 549. The van der Waals surface area contributed by atoms with E-state index in [2.05, 4.69) is 52.3 Å². The SMILES string of the molecule is CCc1ccc(CON=Cc2ccccc2Br)cc1. The summed E-state index contributed by atoms with van der Waals surface area (Å²) in [5.41, 5.74) is 3.46. The minimum Gasteiger partial charge on any atom is -0.391 e. The van der Waals surface area contributed by atoms with Crippen molar-refractivity contribution in [2.24, 2.45) is 5.16 Å². The molecule has 0 saturated carbocycles. The van der Waals surface area contributed by atoms with Crippen molar-refractivity contribution in [1.82, 2.24) is 0 Å². The molecule has 0 unspecified atom stereocenters. The third-order valence-electron chi connectivity index (χ3n) is 2.83. The molecular weight excluding hydrogens is 302 g/mol. The molecule has 2 nitrogen and oxygen atoms in total. The van der Waals surface area contributed by atoms with E-state index in [1.807, 2.05) is 24.3 Å². The summed E-state index contributed by atoms with van der Waals surface area (Å²) >= 11 is 3.46. The number of oxime groups is 1. The number of hydrogen-bond donors (Lipinski definition) is 0. The molecule has 98 valence electrons. The van der Waals surface area contributed by atoms with Gasteiger partial charge in [-0.3, -0.25) is 0 Å². The topological polar surface area (TPSA) is 21.6 Å². The molecule has 19 heavy (non-hydrogen) atoms. The summed E-state index contributed by atoms with van der Waals surface area (Å²) in [5.74, 6) is 0. The van der Waals surface area contributed by atoms with Crippen LogP contribution < -0.4 is 0 Å². The maximum Gasteiger partial charge on any atom is 0.142 e. The fraction of sp³-hybridized carbons (Fsp3) is 0.188. The highest BCUT2D eigenvalue weighted by atomic mass is 79.9. The van der Waals surface area contributed by atoms with Crippen LogP contribution in [0, 0.1) is 0 Å². The van der Waals surface area contributed by atoms with Crippen molar-refractivity contribution in [3.05, 3.63) is 69.7 Å². The number of rotatable bonds is 5. The van der Waals surface area contributed by atoms with Crippen molar-refractivity contribution < 1.29 is 4.84 Å². The molecule has 0 N–H and O–H groups in total. The van der Waals surface area contributed by atoms with Crippen LogP contribution in [-0.4, -0.2) is 6.21 Å². The van der Waals surface area contributed by atoms with Crippen molar-refractivity contribution in [3.63, 3.8) is 0 Å². The average Bonchev–Trinajstić information content (AvgIpc) is 2.46. The van der Waals surface area contributed by atoms with E-state index < -0.39 is 0 Å². The number of benzene rings is 2. The minimum absolute atomic E-state index is 0.491. The minimum atomic E-state index is 0.491. The highest BCUT2D eigenvalue weighted by molar-refractivity contribution is 9.10. The Hall–Kier alpha value is -1.61. The number of halogens is 1. The van der Waals surface area contributed by atoms with Gasteiger partial charge in [0.25, 0.3) is 0 Å². The molecule has 0 aliphatic carbocycles. The van der Waals surface area contributed by atoms with Gasteiger partial charge in [0.15, 0.2) is 0 Å². The van der Waals surface area contributed by atoms with Crippen molar-refractivity contribution in [2.45, 2.75) is 20.0 Å². The molecule has 0 aromatic heterocycles. The van der Waals surface area contributed by atoms with Crippen LogP contribution in [0.25, 0.3) is 0 Å². The Labute approximate surface area is 122 Å². The van der Waals surface area contributed by atoms with Crippen LogP contribution in [-0.2, 0) is 17.9 Å². The van der Waals surface area contributed by atoms with Gasteiger partial charge in [0, 0.05) is 10.0 Å². The molecule has 0 bridgehead atoms. The standard InChI is InChI=1S/C16H16BrNO/c1-2-13-7-9-14(10-8-13)12-19-18-11-15-5-3-4-6-16(15)17/h3-11H,2,12H2,1H3. The summed E-state index contributed by atoms with van der Waals surface area (Å²) in [6.45, 7) is 2.64. The zero-order valence-electron chi connectivity index (χ0n) is 10.8. The highest BCUT2D eigenvalue weighted by Gasteiger charge is 1.95. The molecule has 2 aromatic carbocycles. The van der Waals surface area contributed by atoms with Crippen LogP contribution in [0.4, 0.5) is 0 Å². The Morgan fingerprint density at radius 1 is 1.05 bits per heavy atom. The van der Waals surface area contributed by atoms with E-state index in [4.69, 9.17) is 4.84 Å². The van der Waals surface area contributed by atoms with Crippen LogP contribution in [0.1, 0.15) is 23.6 Å². The molecule has 0 aliphatic rings. The van der Waals surface area contributed by atoms with E-state index in [0.29, 0.717) is 6.61 Å². The van der Waals surface area contributed by atoms with Gasteiger partial charge >= 0.3 is 0 Å². The highest BCUT2D eigenvalue weighted by Crippen LogP contribution is 2.13. The summed E-state index contributed by atoms with van der Waals surface area (Å²) in [6.07, 6.45) is 2.77. The molecule has 0 heterocycles. The van der Waals surface area contributed by atoms with Crippen LogP contribution in [0.2, 0.25) is 0 Å². The summed E-state index contributed by atoms with van der Waals surface area (Å²) in [5, 5.41) is 3.99. The normalized spacial score (nSPS) is 10.8. The molecule has 2 aromatic rings. The summed E-state index contributed by atoms with van der Waals surface area (Å²) in [6, 6.07) is 16.3. The average molecular weight is 318 g/mol. The lowest BCUT2D eigenvalue weighted by molar-refractivity contribution is 0.132. The van der Waals surface area contributed by atoms with Crippen LogP contribution in [0.5, 0.6) is 0 Å². The summed E-state index contributed by atoms with van der Waals surface area (Å²) in [7, 11) is 0. The third kappa shape index (κ3) is 4.21. The van der Waals surface area contributed by atoms with Gasteiger partial charge in [-0.25, -0.2) is 0 Å². The molecule has 0 fully saturated rings. The first-order valence-electron chi connectivity index (χ1n) is 6.27. The molecular formula is C16H16BrNO. The zero-order valence-corrected chi connectivity index (χ0v) is 12.4. The zero-order chi connectivity index (χ0) is 13.5. The first kappa shape index (κ1) is 13.8. The van der Waals surface area contributed by atoms with Crippen molar-refractivity contribution in [3.8, 4) is 0 Å². The van der Waals surface area contributed by atoms with E-state index in [0.717, 1.165) is 22.0 Å².